The van der Waals surface area contributed by atoms with Crippen LogP contribution in [0.15, 0.2) is 0 Å². The predicted molar refractivity (Wildman–Crippen MR) is 32.6 cm³/mol. The summed E-state index contributed by atoms with van der Waals surface area (Å²) >= 11 is 0. The summed E-state index contributed by atoms with van der Waals surface area (Å²) in [6.07, 6.45) is -4.12. The van der Waals surface area contributed by atoms with Crippen LogP contribution >= 0.6 is 0 Å². The minimum absolute atomic E-state index is 0.166. The van der Waals surface area contributed by atoms with Crippen molar-refractivity contribution in [2.24, 2.45) is 0 Å². The van der Waals surface area contributed by atoms with Crippen molar-refractivity contribution in [3.05, 3.63) is 0 Å². The van der Waals surface area contributed by atoms with E-state index in [-0.39, 0.29) is 6.61 Å². The van der Waals surface area contributed by atoms with Crippen LogP contribution in [-0.4, -0.2) is 52.6 Å². The fourth-order valence-electron chi connectivity index (χ4n) is 1.48. The summed E-state index contributed by atoms with van der Waals surface area (Å²) in [6, 6.07) is 0. The summed E-state index contributed by atoms with van der Waals surface area (Å²) in [5, 5.41) is 27.3. The van der Waals surface area contributed by atoms with Crippen molar-refractivity contribution in [2.45, 2.75) is 30.7 Å². The molecule has 0 spiro atoms. The molecule has 64 valence electrons. The lowest BCUT2D eigenvalue weighted by Gasteiger charge is -2.10. The molecule has 2 aliphatic rings. The zero-order chi connectivity index (χ0) is 8.01. The highest BCUT2D eigenvalue weighted by molar-refractivity contribution is 4.95. The number of ether oxygens (including phenoxy) is 2. The molecular formula is C6H10O5. The molecule has 1 unspecified atom stereocenters. The van der Waals surface area contributed by atoms with Crippen LogP contribution in [0.2, 0.25) is 0 Å². The summed E-state index contributed by atoms with van der Waals surface area (Å²) in [4.78, 5) is 0. The van der Waals surface area contributed by atoms with Crippen LogP contribution in [0.5, 0.6) is 0 Å². The Kier molecular flexibility index (Phi) is 1.62. The van der Waals surface area contributed by atoms with Gasteiger partial charge in [0.1, 0.15) is 24.4 Å². The molecule has 5 nitrogen and oxygen atoms in total. The lowest BCUT2D eigenvalue weighted by Crippen LogP contribution is -2.32. The highest BCUT2D eigenvalue weighted by Crippen LogP contribution is 2.29. The maximum Gasteiger partial charge on any atom is 0.184 e. The summed E-state index contributed by atoms with van der Waals surface area (Å²) in [5.74, 6) is 0. The predicted octanol–water partition coefficient (Wildman–Crippen LogP) is -2.18. The van der Waals surface area contributed by atoms with Crippen molar-refractivity contribution in [1.82, 2.24) is 0 Å². The quantitative estimate of drug-likeness (QED) is 0.377. The van der Waals surface area contributed by atoms with Gasteiger partial charge in [0.05, 0.1) is 6.61 Å². The minimum atomic E-state index is -1.22. The van der Waals surface area contributed by atoms with E-state index in [1.807, 2.05) is 0 Å². The maximum absolute atomic E-state index is 9.17. The Morgan fingerprint density at radius 3 is 2.45 bits per heavy atom. The first-order valence-electron chi connectivity index (χ1n) is 3.51. The fraction of sp³-hybridized carbons (Fsp3) is 1.00. The third kappa shape index (κ3) is 0.969. The zero-order valence-corrected chi connectivity index (χ0v) is 5.75. The summed E-state index contributed by atoms with van der Waals surface area (Å²) in [5.41, 5.74) is 0. The summed E-state index contributed by atoms with van der Waals surface area (Å²) in [7, 11) is 0. The molecule has 2 fully saturated rings. The van der Waals surface area contributed by atoms with E-state index in [1.54, 1.807) is 0 Å². The Labute approximate surface area is 63.2 Å². The molecule has 0 amide bonds. The highest BCUT2D eigenvalue weighted by atomic mass is 16.7. The standard InChI is InChI=1S/C6H10O5/c7-2-1-10-5-3(8)6(9)11-4(2)5/h2-9H,1H2/t2-,3-,4-,5-,6?/m1/s1. The number of fused-ring (bicyclic) bond motifs is 1. The van der Waals surface area contributed by atoms with Crippen molar-refractivity contribution in [1.29, 1.82) is 0 Å². The summed E-state index contributed by atoms with van der Waals surface area (Å²) < 4.78 is 9.83. The van der Waals surface area contributed by atoms with Crippen LogP contribution in [0.4, 0.5) is 0 Å². The maximum atomic E-state index is 9.17. The zero-order valence-electron chi connectivity index (χ0n) is 5.75. The highest BCUT2D eigenvalue weighted by Gasteiger charge is 2.51. The van der Waals surface area contributed by atoms with Crippen LogP contribution in [0.3, 0.4) is 0 Å². The van der Waals surface area contributed by atoms with E-state index >= 15 is 0 Å². The van der Waals surface area contributed by atoms with Crippen molar-refractivity contribution in [3.8, 4) is 0 Å². The molecule has 0 aliphatic carbocycles. The molecule has 2 aliphatic heterocycles. The van der Waals surface area contributed by atoms with E-state index in [4.69, 9.17) is 19.7 Å². The second kappa shape index (κ2) is 2.40. The van der Waals surface area contributed by atoms with Gasteiger partial charge < -0.3 is 24.8 Å². The van der Waals surface area contributed by atoms with Crippen LogP contribution in [-0.2, 0) is 9.47 Å². The largest absolute Gasteiger partial charge is 0.388 e. The first-order chi connectivity index (χ1) is 5.20. The molecule has 5 heteroatoms. The van der Waals surface area contributed by atoms with Gasteiger partial charge in [-0.05, 0) is 0 Å². The Balaban J connectivity index is 2.12. The molecule has 0 aromatic heterocycles. The van der Waals surface area contributed by atoms with Gasteiger partial charge in [0.15, 0.2) is 6.29 Å². The van der Waals surface area contributed by atoms with Crippen LogP contribution in [0.25, 0.3) is 0 Å². The molecule has 11 heavy (non-hydrogen) atoms. The Morgan fingerprint density at radius 2 is 1.82 bits per heavy atom. The van der Waals surface area contributed by atoms with Crippen molar-refractivity contribution >= 4 is 0 Å². The Bertz CT molecular complexity index is 161. The molecule has 2 heterocycles. The van der Waals surface area contributed by atoms with Crippen LogP contribution < -0.4 is 0 Å². The van der Waals surface area contributed by atoms with Gasteiger partial charge in [-0.15, -0.1) is 0 Å². The normalized spacial score (nSPS) is 56.5. The van der Waals surface area contributed by atoms with Gasteiger partial charge in [0.2, 0.25) is 0 Å². The molecule has 3 N–H and O–H groups in total. The molecule has 0 radical (unpaired) electrons. The third-order valence-corrected chi connectivity index (χ3v) is 2.09. The number of hydrogen-bond acceptors (Lipinski definition) is 5. The van der Waals surface area contributed by atoms with Crippen molar-refractivity contribution in [2.75, 3.05) is 6.61 Å². The van der Waals surface area contributed by atoms with Gasteiger partial charge in [-0.2, -0.15) is 0 Å². The third-order valence-electron chi connectivity index (χ3n) is 2.09. The number of aliphatic hydroxyl groups excluding tert-OH is 3. The van der Waals surface area contributed by atoms with Gasteiger partial charge in [-0.1, -0.05) is 0 Å². The first kappa shape index (κ1) is 7.45. The molecule has 2 saturated heterocycles. The van der Waals surface area contributed by atoms with E-state index in [0.29, 0.717) is 0 Å². The van der Waals surface area contributed by atoms with Gasteiger partial charge in [-0.25, -0.2) is 0 Å². The molecule has 5 atom stereocenters. The SMILES string of the molecule is OC1O[C@H]2[C@H](OC[C@H]2O)[C@H]1O. The molecule has 0 aromatic carbocycles. The monoisotopic (exact) mass is 162 g/mol. The fourth-order valence-corrected chi connectivity index (χ4v) is 1.48. The topological polar surface area (TPSA) is 79.2 Å². The minimum Gasteiger partial charge on any atom is -0.388 e. The number of aliphatic hydroxyl groups is 3. The molecule has 0 aromatic rings. The van der Waals surface area contributed by atoms with Crippen molar-refractivity contribution in [3.63, 3.8) is 0 Å². The first-order valence-corrected chi connectivity index (χ1v) is 3.51. The lowest BCUT2D eigenvalue weighted by molar-refractivity contribution is -0.149. The van der Waals surface area contributed by atoms with Gasteiger partial charge in [0, 0.05) is 0 Å². The smallest absolute Gasteiger partial charge is 0.184 e. The number of rotatable bonds is 0. The van der Waals surface area contributed by atoms with Crippen LogP contribution in [0, 0.1) is 0 Å². The second-order valence-electron chi connectivity index (χ2n) is 2.85. The summed E-state index contributed by atoms with van der Waals surface area (Å²) in [6.45, 7) is 0.166. The van der Waals surface area contributed by atoms with Gasteiger partial charge in [-0.3, -0.25) is 0 Å². The molecule has 0 saturated carbocycles. The average Bonchev–Trinajstić information content (AvgIpc) is 2.43. The van der Waals surface area contributed by atoms with E-state index < -0.39 is 30.7 Å². The van der Waals surface area contributed by atoms with Gasteiger partial charge in [0.25, 0.3) is 0 Å². The molecule has 0 bridgehead atoms. The second-order valence-corrected chi connectivity index (χ2v) is 2.85. The van der Waals surface area contributed by atoms with Crippen LogP contribution in [0.1, 0.15) is 0 Å². The average molecular weight is 162 g/mol. The lowest BCUT2D eigenvalue weighted by atomic mass is 10.1. The molecule has 2 rings (SSSR count). The van der Waals surface area contributed by atoms with E-state index in [9.17, 15) is 5.11 Å². The Morgan fingerprint density at radius 1 is 1.09 bits per heavy atom. The van der Waals surface area contributed by atoms with E-state index in [2.05, 4.69) is 0 Å². The molecular weight excluding hydrogens is 152 g/mol. The van der Waals surface area contributed by atoms with Gasteiger partial charge >= 0.3 is 0 Å². The van der Waals surface area contributed by atoms with E-state index in [0.717, 1.165) is 0 Å². The Hall–Kier alpha value is -0.200. The van der Waals surface area contributed by atoms with Crippen molar-refractivity contribution < 1.29 is 24.8 Å². The number of hydrogen-bond donors (Lipinski definition) is 3. The van der Waals surface area contributed by atoms with E-state index in [1.165, 1.54) is 0 Å².